The van der Waals surface area contributed by atoms with Gasteiger partial charge >= 0.3 is 0 Å². The summed E-state index contributed by atoms with van der Waals surface area (Å²) in [6.07, 6.45) is 1.87. The Morgan fingerprint density at radius 3 is 2.92 bits per heavy atom. The van der Waals surface area contributed by atoms with E-state index >= 15 is 0 Å². The van der Waals surface area contributed by atoms with E-state index in [4.69, 9.17) is 16.3 Å². The lowest BCUT2D eigenvalue weighted by Gasteiger charge is -2.09. The summed E-state index contributed by atoms with van der Waals surface area (Å²) in [5.74, 6) is 0.197. The molecule has 3 heterocycles. The van der Waals surface area contributed by atoms with Crippen molar-refractivity contribution in [1.82, 2.24) is 19.7 Å². The molecule has 25 heavy (non-hydrogen) atoms. The summed E-state index contributed by atoms with van der Waals surface area (Å²) in [5.41, 5.74) is 1.98. The lowest BCUT2D eigenvalue weighted by molar-refractivity contribution is 0.102. The number of anilines is 1. The van der Waals surface area contributed by atoms with Crippen LogP contribution in [0.5, 0.6) is 5.75 Å². The molecular weight excluding hydrogens is 362 g/mol. The molecule has 0 spiro atoms. The highest BCUT2D eigenvalue weighted by Crippen LogP contribution is 2.31. The Hall–Kier alpha value is -2.71. The van der Waals surface area contributed by atoms with Gasteiger partial charge in [-0.1, -0.05) is 22.9 Å². The molecule has 7 nitrogen and oxygen atoms in total. The van der Waals surface area contributed by atoms with Crippen molar-refractivity contribution in [2.45, 2.75) is 0 Å². The van der Waals surface area contributed by atoms with Crippen LogP contribution in [0.4, 0.5) is 5.69 Å². The number of aromatic nitrogens is 4. The summed E-state index contributed by atoms with van der Waals surface area (Å²) in [5, 5.41) is 8.74. The number of benzene rings is 1. The minimum atomic E-state index is -0.333. The van der Waals surface area contributed by atoms with E-state index in [0.717, 1.165) is 10.9 Å². The molecule has 1 amide bonds. The third-order valence-electron chi connectivity index (χ3n) is 3.60. The third-order valence-corrected chi connectivity index (χ3v) is 4.78. The van der Waals surface area contributed by atoms with Gasteiger partial charge in [-0.3, -0.25) is 9.48 Å². The number of hydrogen-bond donors (Lipinski definition) is 1. The molecule has 0 aliphatic carbocycles. The highest BCUT2D eigenvalue weighted by atomic mass is 35.5. The van der Waals surface area contributed by atoms with Crippen molar-refractivity contribution in [2.75, 3.05) is 12.4 Å². The maximum Gasteiger partial charge on any atom is 0.284 e. The van der Waals surface area contributed by atoms with Gasteiger partial charge in [0.1, 0.15) is 21.2 Å². The van der Waals surface area contributed by atoms with E-state index < -0.39 is 0 Å². The van der Waals surface area contributed by atoms with Gasteiger partial charge in [-0.15, -0.1) is 0 Å². The molecule has 9 heteroatoms. The van der Waals surface area contributed by atoms with E-state index in [1.165, 1.54) is 11.3 Å². The molecule has 1 N–H and O–H groups in total. The maximum atomic E-state index is 12.6. The van der Waals surface area contributed by atoms with E-state index in [-0.39, 0.29) is 5.91 Å². The van der Waals surface area contributed by atoms with Crippen LogP contribution in [0.15, 0.2) is 30.5 Å². The Bertz CT molecular complexity index is 1120. The quantitative estimate of drug-likeness (QED) is 0.556. The van der Waals surface area contributed by atoms with Gasteiger partial charge in [-0.05, 0) is 18.2 Å². The fourth-order valence-corrected chi connectivity index (χ4v) is 3.54. The summed E-state index contributed by atoms with van der Waals surface area (Å²) >= 11 is 7.06. The predicted octanol–water partition coefficient (Wildman–Crippen LogP) is 3.49. The van der Waals surface area contributed by atoms with Crippen molar-refractivity contribution >= 4 is 55.8 Å². The standard InChI is InChI=1S/C16H12ClN5O2S/c1-22-7-8-5-11(12(24-2)6-10(8)21-22)18-14(23)16-19-9-3-4-13(17)20-15(9)25-16/h3-7H,1-2H3,(H,18,23). The number of nitrogens with one attached hydrogen (secondary N) is 1. The summed E-state index contributed by atoms with van der Waals surface area (Å²) in [6.45, 7) is 0. The van der Waals surface area contributed by atoms with Crippen LogP contribution in [0.1, 0.15) is 9.80 Å². The van der Waals surface area contributed by atoms with E-state index in [2.05, 4.69) is 20.4 Å². The molecule has 3 aromatic heterocycles. The minimum absolute atomic E-state index is 0.304. The fraction of sp³-hybridized carbons (Fsp3) is 0.125. The molecule has 4 aromatic rings. The van der Waals surface area contributed by atoms with Crippen LogP contribution in [0.25, 0.3) is 21.3 Å². The van der Waals surface area contributed by atoms with Crippen molar-refractivity contribution in [3.8, 4) is 5.75 Å². The Morgan fingerprint density at radius 1 is 1.28 bits per heavy atom. The molecule has 0 radical (unpaired) electrons. The molecule has 0 saturated carbocycles. The molecule has 0 atom stereocenters. The van der Waals surface area contributed by atoms with Crippen molar-refractivity contribution in [1.29, 1.82) is 0 Å². The zero-order valence-electron chi connectivity index (χ0n) is 13.3. The number of ether oxygens (including phenoxy) is 1. The number of rotatable bonds is 3. The van der Waals surface area contributed by atoms with Crippen LogP contribution >= 0.6 is 22.9 Å². The van der Waals surface area contributed by atoms with Crippen LogP contribution in [0, 0.1) is 0 Å². The van der Waals surface area contributed by atoms with Crippen LogP contribution in [-0.2, 0) is 7.05 Å². The number of methoxy groups -OCH3 is 1. The Labute approximate surface area is 151 Å². The number of nitrogens with zero attached hydrogens (tertiary/aromatic N) is 4. The smallest absolute Gasteiger partial charge is 0.284 e. The van der Waals surface area contributed by atoms with E-state index in [1.54, 1.807) is 30.0 Å². The number of amides is 1. The first-order chi connectivity index (χ1) is 12.0. The molecular formula is C16H12ClN5O2S. The Kier molecular flexibility index (Phi) is 3.78. The van der Waals surface area contributed by atoms with Crippen molar-refractivity contribution in [2.24, 2.45) is 7.05 Å². The van der Waals surface area contributed by atoms with E-state index in [9.17, 15) is 4.79 Å². The first-order valence-corrected chi connectivity index (χ1v) is 8.49. The largest absolute Gasteiger partial charge is 0.494 e. The molecule has 0 saturated heterocycles. The number of pyridine rings is 1. The van der Waals surface area contributed by atoms with Gasteiger partial charge < -0.3 is 10.1 Å². The molecule has 0 fully saturated rings. The molecule has 4 rings (SSSR count). The maximum absolute atomic E-state index is 12.6. The van der Waals surface area contributed by atoms with Crippen LogP contribution in [0.2, 0.25) is 5.15 Å². The average Bonchev–Trinajstić information content (AvgIpc) is 3.15. The SMILES string of the molecule is COc1cc2nn(C)cc2cc1NC(=O)c1nc2ccc(Cl)nc2s1. The van der Waals surface area contributed by atoms with Crippen molar-refractivity contribution < 1.29 is 9.53 Å². The fourth-order valence-electron chi connectivity index (χ4n) is 2.51. The number of carbonyl (C=O) groups is 1. The summed E-state index contributed by atoms with van der Waals surface area (Å²) in [7, 11) is 3.38. The van der Waals surface area contributed by atoms with Crippen LogP contribution in [-0.4, -0.2) is 32.8 Å². The van der Waals surface area contributed by atoms with Gasteiger partial charge in [0.15, 0.2) is 5.01 Å². The van der Waals surface area contributed by atoms with Crippen LogP contribution in [0.3, 0.4) is 0 Å². The van der Waals surface area contributed by atoms with Crippen molar-refractivity contribution in [3.63, 3.8) is 0 Å². The second kappa shape index (κ2) is 5.98. The average molecular weight is 374 g/mol. The van der Waals surface area contributed by atoms with Gasteiger partial charge in [-0.2, -0.15) is 5.10 Å². The summed E-state index contributed by atoms with van der Waals surface area (Å²) in [4.78, 5) is 21.7. The lowest BCUT2D eigenvalue weighted by Crippen LogP contribution is -2.12. The monoisotopic (exact) mass is 373 g/mol. The highest BCUT2D eigenvalue weighted by Gasteiger charge is 2.16. The first-order valence-electron chi connectivity index (χ1n) is 7.29. The second-order valence-electron chi connectivity index (χ2n) is 5.35. The molecule has 0 unspecified atom stereocenters. The van der Waals surface area contributed by atoms with Gasteiger partial charge in [0.2, 0.25) is 0 Å². The Balaban J connectivity index is 1.70. The summed E-state index contributed by atoms with van der Waals surface area (Å²) in [6, 6.07) is 6.98. The first kappa shape index (κ1) is 15.8. The number of hydrogen-bond acceptors (Lipinski definition) is 6. The molecule has 0 bridgehead atoms. The molecule has 126 valence electrons. The van der Waals surface area contributed by atoms with Crippen LogP contribution < -0.4 is 10.1 Å². The highest BCUT2D eigenvalue weighted by molar-refractivity contribution is 7.20. The zero-order chi connectivity index (χ0) is 17.6. The zero-order valence-corrected chi connectivity index (χ0v) is 14.9. The molecule has 1 aromatic carbocycles. The number of aryl methyl sites for hydroxylation is 1. The molecule has 0 aliphatic rings. The van der Waals surface area contributed by atoms with Gasteiger partial charge in [-0.25, -0.2) is 9.97 Å². The number of fused-ring (bicyclic) bond motifs is 2. The van der Waals surface area contributed by atoms with E-state index in [1.807, 2.05) is 19.3 Å². The topological polar surface area (TPSA) is 81.9 Å². The van der Waals surface area contributed by atoms with E-state index in [0.29, 0.717) is 31.9 Å². The number of carbonyl (C=O) groups excluding carboxylic acids is 1. The second-order valence-corrected chi connectivity index (χ2v) is 6.71. The molecule has 0 aliphatic heterocycles. The minimum Gasteiger partial charge on any atom is -0.494 e. The van der Waals surface area contributed by atoms with Gasteiger partial charge in [0.05, 0.1) is 18.3 Å². The summed E-state index contributed by atoms with van der Waals surface area (Å²) < 4.78 is 7.07. The number of thiazole rings is 1. The predicted molar refractivity (Wildman–Crippen MR) is 97.6 cm³/mol. The van der Waals surface area contributed by atoms with Crippen molar-refractivity contribution in [3.05, 3.63) is 40.6 Å². The lowest BCUT2D eigenvalue weighted by atomic mass is 10.2. The number of halogens is 1. The Morgan fingerprint density at radius 2 is 2.12 bits per heavy atom. The van der Waals surface area contributed by atoms with Gasteiger partial charge in [0.25, 0.3) is 5.91 Å². The third kappa shape index (κ3) is 2.90. The normalized spacial score (nSPS) is 11.2. The van der Waals surface area contributed by atoms with Gasteiger partial charge in [0, 0.05) is 24.7 Å².